The van der Waals surface area contributed by atoms with E-state index in [0.29, 0.717) is 13.0 Å². The number of nitrogens with zero attached hydrogens (tertiary/aromatic N) is 1. The van der Waals surface area contributed by atoms with Gasteiger partial charge in [-0.2, -0.15) is 0 Å². The Bertz CT molecular complexity index is 99.2. The quantitative estimate of drug-likeness (QED) is 0.315. The third kappa shape index (κ3) is 7.31. The second-order valence-electron chi connectivity index (χ2n) is 1.72. The van der Waals surface area contributed by atoms with E-state index in [2.05, 4.69) is 4.99 Å². The van der Waals surface area contributed by atoms with Crippen molar-refractivity contribution in [2.24, 2.45) is 4.99 Å². The number of alkyl halides is 1. The van der Waals surface area contributed by atoms with Gasteiger partial charge in [0.1, 0.15) is 0 Å². The number of unbranched alkanes of at least 4 members (excludes halogenated alkanes) is 2. The van der Waals surface area contributed by atoms with Crippen LogP contribution < -0.4 is 0 Å². The van der Waals surface area contributed by atoms with E-state index in [0.717, 1.165) is 12.8 Å². The molecule has 0 N–H and O–H groups in total. The van der Waals surface area contributed by atoms with Crippen LogP contribution in [0.15, 0.2) is 4.99 Å². The van der Waals surface area contributed by atoms with E-state index in [1.165, 1.54) is 6.08 Å². The summed E-state index contributed by atoms with van der Waals surface area (Å²) in [6.45, 7) is 0.217. The Morgan fingerprint density at radius 2 is 2.11 bits per heavy atom. The van der Waals surface area contributed by atoms with Crippen molar-refractivity contribution >= 4 is 6.08 Å². The summed E-state index contributed by atoms with van der Waals surface area (Å²) in [4.78, 5) is 12.8. The summed E-state index contributed by atoms with van der Waals surface area (Å²) >= 11 is 0. The fraction of sp³-hybridized carbons (Fsp3) is 0.833. The van der Waals surface area contributed by atoms with Crippen molar-refractivity contribution in [3.05, 3.63) is 0 Å². The van der Waals surface area contributed by atoms with E-state index in [1.807, 2.05) is 0 Å². The van der Waals surface area contributed by atoms with Crippen molar-refractivity contribution in [3.63, 3.8) is 0 Å². The van der Waals surface area contributed by atoms with Gasteiger partial charge in [-0.05, 0) is 19.3 Å². The molecular weight excluding hydrogens is 121 g/mol. The van der Waals surface area contributed by atoms with Crippen LogP contribution in [0, 0.1) is 0 Å². The van der Waals surface area contributed by atoms with Crippen LogP contribution in [0.4, 0.5) is 4.39 Å². The molecule has 0 bridgehead atoms. The minimum Gasteiger partial charge on any atom is -0.251 e. The van der Waals surface area contributed by atoms with Gasteiger partial charge in [0.05, 0.1) is 13.2 Å². The van der Waals surface area contributed by atoms with Crippen LogP contribution in [-0.2, 0) is 4.79 Å². The summed E-state index contributed by atoms with van der Waals surface area (Å²) < 4.78 is 11.4. The van der Waals surface area contributed by atoms with Gasteiger partial charge in [0.2, 0.25) is 6.08 Å². The van der Waals surface area contributed by atoms with Gasteiger partial charge in [-0.25, -0.2) is 9.79 Å². The number of halogens is 1. The van der Waals surface area contributed by atoms with Gasteiger partial charge < -0.3 is 0 Å². The molecule has 0 heterocycles. The van der Waals surface area contributed by atoms with Gasteiger partial charge in [-0.15, -0.1) is 0 Å². The highest BCUT2D eigenvalue weighted by atomic mass is 19.1. The van der Waals surface area contributed by atoms with Crippen LogP contribution in [0.25, 0.3) is 0 Å². The van der Waals surface area contributed by atoms with Crippen LogP contribution in [-0.4, -0.2) is 19.3 Å². The smallest absolute Gasteiger partial charge is 0.234 e. The van der Waals surface area contributed by atoms with Gasteiger partial charge >= 0.3 is 0 Å². The molecule has 0 aliphatic carbocycles. The highest BCUT2D eigenvalue weighted by molar-refractivity contribution is 5.32. The normalized spacial score (nSPS) is 8.56. The van der Waals surface area contributed by atoms with E-state index in [9.17, 15) is 9.18 Å². The molecule has 0 saturated heterocycles. The van der Waals surface area contributed by atoms with Gasteiger partial charge in [0.15, 0.2) is 0 Å². The van der Waals surface area contributed by atoms with Gasteiger partial charge in [-0.3, -0.25) is 4.39 Å². The lowest BCUT2D eigenvalue weighted by Gasteiger charge is -1.89. The number of hydrogen-bond acceptors (Lipinski definition) is 2. The number of aliphatic imine (C=N–C) groups is 1. The third-order valence-electron chi connectivity index (χ3n) is 0.968. The van der Waals surface area contributed by atoms with E-state index < -0.39 is 0 Å². The first-order valence-electron chi connectivity index (χ1n) is 3.01. The molecule has 0 radical (unpaired) electrons. The molecule has 2 nitrogen and oxygen atoms in total. The lowest BCUT2D eigenvalue weighted by atomic mass is 10.2. The van der Waals surface area contributed by atoms with E-state index in [1.54, 1.807) is 0 Å². The molecule has 0 aromatic carbocycles. The van der Waals surface area contributed by atoms with Crippen molar-refractivity contribution in [1.29, 1.82) is 0 Å². The molecule has 0 unspecified atom stereocenters. The molecule has 0 fully saturated rings. The predicted octanol–water partition coefficient (Wildman–Crippen LogP) is 1.46. The fourth-order valence-electron chi connectivity index (χ4n) is 0.508. The number of hydrogen-bond donors (Lipinski definition) is 0. The first-order valence-corrected chi connectivity index (χ1v) is 3.01. The summed E-state index contributed by atoms with van der Waals surface area (Å²) in [6, 6.07) is 0. The summed E-state index contributed by atoms with van der Waals surface area (Å²) in [7, 11) is 0. The largest absolute Gasteiger partial charge is 0.251 e. The van der Waals surface area contributed by atoms with Crippen molar-refractivity contribution < 1.29 is 9.18 Å². The Balaban J connectivity index is 2.82. The summed E-state index contributed by atoms with van der Waals surface area (Å²) in [6.07, 6.45) is 3.60. The van der Waals surface area contributed by atoms with E-state index in [4.69, 9.17) is 0 Å². The zero-order valence-corrected chi connectivity index (χ0v) is 5.27. The van der Waals surface area contributed by atoms with E-state index in [-0.39, 0.29) is 6.67 Å². The zero-order chi connectivity index (χ0) is 6.95. The molecule has 0 spiro atoms. The molecule has 0 saturated carbocycles. The van der Waals surface area contributed by atoms with Crippen molar-refractivity contribution in [2.75, 3.05) is 13.2 Å². The Labute approximate surface area is 53.8 Å². The molecule has 0 amide bonds. The summed E-state index contributed by atoms with van der Waals surface area (Å²) in [5, 5.41) is 0. The lowest BCUT2D eigenvalue weighted by molar-refractivity contribution is 0.457. The van der Waals surface area contributed by atoms with Gasteiger partial charge in [-0.1, -0.05) is 0 Å². The monoisotopic (exact) mass is 131 g/mol. The Morgan fingerprint density at radius 1 is 1.33 bits per heavy atom. The molecule has 0 aliphatic rings. The molecule has 0 aromatic heterocycles. The highest BCUT2D eigenvalue weighted by Gasteiger charge is 1.85. The third-order valence-corrected chi connectivity index (χ3v) is 0.968. The van der Waals surface area contributed by atoms with E-state index >= 15 is 0 Å². The molecular formula is C6H10FNO. The van der Waals surface area contributed by atoms with Gasteiger partial charge in [0, 0.05) is 0 Å². The Hall–Kier alpha value is -0.690. The SMILES string of the molecule is O=C=NCCCCCF. The number of isocyanates is 1. The molecule has 0 aliphatic heterocycles. The topological polar surface area (TPSA) is 29.4 Å². The maximum atomic E-state index is 11.4. The zero-order valence-electron chi connectivity index (χ0n) is 5.27. The van der Waals surface area contributed by atoms with Crippen LogP contribution in [0.2, 0.25) is 0 Å². The number of carbonyl (C=O) groups excluding carboxylic acids is 1. The Morgan fingerprint density at radius 3 is 2.67 bits per heavy atom. The average molecular weight is 131 g/mol. The maximum Gasteiger partial charge on any atom is 0.234 e. The number of rotatable bonds is 5. The van der Waals surface area contributed by atoms with Crippen LogP contribution in [0.3, 0.4) is 0 Å². The van der Waals surface area contributed by atoms with Crippen LogP contribution >= 0.6 is 0 Å². The minimum absolute atomic E-state index is 0.273. The standard InChI is InChI=1S/C6H10FNO/c7-4-2-1-3-5-8-6-9/h1-5H2. The molecule has 0 aromatic rings. The Kier molecular flexibility index (Phi) is 6.75. The fourth-order valence-corrected chi connectivity index (χ4v) is 0.508. The van der Waals surface area contributed by atoms with Crippen molar-refractivity contribution in [3.8, 4) is 0 Å². The summed E-state index contributed by atoms with van der Waals surface area (Å²) in [5.74, 6) is 0. The molecule has 0 rings (SSSR count). The molecule has 3 heteroatoms. The highest BCUT2D eigenvalue weighted by Crippen LogP contribution is 1.94. The van der Waals surface area contributed by atoms with Crippen molar-refractivity contribution in [1.82, 2.24) is 0 Å². The minimum atomic E-state index is -0.273. The van der Waals surface area contributed by atoms with Crippen molar-refractivity contribution in [2.45, 2.75) is 19.3 Å². The second-order valence-corrected chi connectivity index (χ2v) is 1.72. The predicted molar refractivity (Wildman–Crippen MR) is 32.8 cm³/mol. The van der Waals surface area contributed by atoms with Crippen LogP contribution in [0.5, 0.6) is 0 Å². The lowest BCUT2D eigenvalue weighted by Crippen LogP contribution is -1.82. The average Bonchev–Trinajstić information content (AvgIpc) is 1.89. The summed E-state index contributed by atoms with van der Waals surface area (Å²) in [5.41, 5.74) is 0. The molecule has 0 atom stereocenters. The maximum absolute atomic E-state index is 11.4. The first-order chi connectivity index (χ1) is 4.41. The first kappa shape index (κ1) is 8.31. The molecule has 52 valence electrons. The second kappa shape index (κ2) is 7.31. The molecule has 9 heavy (non-hydrogen) atoms. The van der Waals surface area contributed by atoms with Gasteiger partial charge in [0.25, 0.3) is 0 Å². The van der Waals surface area contributed by atoms with Crippen LogP contribution in [0.1, 0.15) is 19.3 Å².